The molecule has 1 aliphatic heterocycles. The molecule has 0 spiro atoms. The summed E-state index contributed by atoms with van der Waals surface area (Å²) in [4.78, 5) is 24.1. The lowest BCUT2D eigenvalue weighted by Gasteiger charge is -2.14. The lowest BCUT2D eigenvalue weighted by atomic mass is 10.1. The molecule has 4 heteroatoms. The smallest absolute Gasteiger partial charge is 0.324 e. The Hall–Kier alpha value is -1.84. The highest BCUT2D eigenvalue weighted by Gasteiger charge is 2.28. The van der Waals surface area contributed by atoms with E-state index in [9.17, 15) is 9.59 Å². The summed E-state index contributed by atoms with van der Waals surface area (Å²) in [5, 5.41) is 2.51. The number of benzene rings is 1. The zero-order valence-electron chi connectivity index (χ0n) is 9.19. The van der Waals surface area contributed by atoms with Crippen molar-refractivity contribution in [2.75, 3.05) is 6.54 Å². The molecule has 1 fully saturated rings. The van der Waals surface area contributed by atoms with Crippen molar-refractivity contribution < 1.29 is 9.59 Å². The molecule has 0 aliphatic carbocycles. The van der Waals surface area contributed by atoms with Crippen LogP contribution in [0.4, 0.5) is 4.79 Å². The van der Waals surface area contributed by atoms with Crippen molar-refractivity contribution in [2.24, 2.45) is 0 Å². The highest BCUT2D eigenvalue weighted by atomic mass is 16.2. The Labute approximate surface area is 94.2 Å². The van der Waals surface area contributed by atoms with Gasteiger partial charge in [-0.15, -0.1) is 0 Å². The zero-order chi connectivity index (χ0) is 11.5. The number of carbonyl (C=O) groups excluding carboxylic acids is 2. The number of imide groups is 1. The third-order valence-electron chi connectivity index (χ3n) is 2.76. The van der Waals surface area contributed by atoms with Crippen LogP contribution in [-0.4, -0.2) is 23.4 Å². The summed E-state index contributed by atoms with van der Waals surface area (Å²) in [5.41, 5.74) is 2.21. The van der Waals surface area contributed by atoms with Gasteiger partial charge >= 0.3 is 6.03 Å². The Morgan fingerprint density at radius 1 is 1.25 bits per heavy atom. The van der Waals surface area contributed by atoms with Crippen LogP contribution in [0.1, 0.15) is 18.1 Å². The van der Waals surface area contributed by atoms with Gasteiger partial charge in [-0.2, -0.15) is 0 Å². The summed E-state index contributed by atoms with van der Waals surface area (Å²) in [6, 6.07) is 7.57. The SMILES string of the molecule is CCc1ccccc1CN1C(=O)CNC1=O. The molecule has 0 unspecified atom stereocenters. The lowest BCUT2D eigenvalue weighted by molar-refractivity contribution is -0.125. The molecule has 1 saturated heterocycles. The fourth-order valence-corrected chi connectivity index (χ4v) is 1.84. The van der Waals surface area contributed by atoms with Gasteiger partial charge in [-0.1, -0.05) is 31.2 Å². The minimum Gasteiger partial charge on any atom is -0.329 e. The van der Waals surface area contributed by atoms with Crippen molar-refractivity contribution in [2.45, 2.75) is 19.9 Å². The van der Waals surface area contributed by atoms with E-state index in [4.69, 9.17) is 0 Å². The molecule has 1 N–H and O–H groups in total. The fourth-order valence-electron chi connectivity index (χ4n) is 1.84. The topological polar surface area (TPSA) is 49.4 Å². The molecule has 1 aromatic carbocycles. The van der Waals surface area contributed by atoms with E-state index in [0.29, 0.717) is 6.54 Å². The van der Waals surface area contributed by atoms with E-state index in [2.05, 4.69) is 12.2 Å². The van der Waals surface area contributed by atoms with Crippen molar-refractivity contribution >= 4 is 11.9 Å². The maximum atomic E-state index is 11.4. The van der Waals surface area contributed by atoms with Gasteiger partial charge in [-0.25, -0.2) is 4.79 Å². The molecule has 2 rings (SSSR count). The van der Waals surface area contributed by atoms with E-state index in [0.717, 1.165) is 12.0 Å². The highest BCUT2D eigenvalue weighted by Crippen LogP contribution is 2.14. The maximum Gasteiger partial charge on any atom is 0.324 e. The average molecular weight is 218 g/mol. The standard InChI is InChI=1S/C12H14N2O2/c1-2-9-5-3-4-6-10(9)8-14-11(15)7-13-12(14)16/h3-6H,2,7-8H2,1H3,(H,13,16). The molecule has 0 radical (unpaired) electrons. The number of amides is 3. The van der Waals surface area contributed by atoms with E-state index < -0.39 is 0 Å². The molecule has 1 aromatic rings. The van der Waals surface area contributed by atoms with Gasteiger partial charge < -0.3 is 5.32 Å². The predicted molar refractivity (Wildman–Crippen MR) is 59.8 cm³/mol. The van der Waals surface area contributed by atoms with Gasteiger partial charge in [0.2, 0.25) is 5.91 Å². The van der Waals surface area contributed by atoms with Crippen LogP contribution in [0.25, 0.3) is 0 Å². The average Bonchev–Trinajstić information content (AvgIpc) is 2.61. The minimum absolute atomic E-state index is 0.118. The molecule has 16 heavy (non-hydrogen) atoms. The zero-order valence-corrected chi connectivity index (χ0v) is 9.19. The molecule has 0 atom stereocenters. The Balaban J connectivity index is 2.20. The molecule has 0 aromatic heterocycles. The number of rotatable bonds is 3. The van der Waals surface area contributed by atoms with Gasteiger partial charge in [-0.3, -0.25) is 9.69 Å². The van der Waals surface area contributed by atoms with Gasteiger partial charge in [-0.05, 0) is 17.5 Å². The molecule has 1 heterocycles. The molecule has 4 nitrogen and oxygen atoms in total. The highest BCUT2D eigenvalue weighted by molar-refractivity contribution is 6.01. The van der Waals surface area contributed by atoms with Crippen molar-refractivity contribution in [1.29, 1.82) is 0 Å². The Bertz CT molecular complexity index is 413. The third-order valence-corrected chi connectivity index (χ3v) is 2.76. The van der Waals surface area contributed by atoms with Crippen molar-refractivity contribution in [3.63, 3.8) is 0 Å². The fraction of sp³-hybridized carbons (Fsp3) is 0.333. The van der Waals surface area contributed by atoms with Gasteiger partial charge in [0.15, 0.2) is 0 Å². The number of hydrogen-bond acceptors (Lipinski definition) is 2. The van der Waals surface area contributed by atoms with Crippen LogP contribution in [0.15, 0.2) is 24.3 Å². The van der Waals surface area contributed by atoms with Gasteiger partial charge in [0.1, 0.15) is 0 Å². The monoisotopic (exact) mass is 218 g/mol. The first-order chi connectivity index (χ1) is 7.72. The van der Waals surface area contributed by atoms with Crippen LogP contribution in [0.3, 0.4) is 0 Å². The summed E-state index contributed by atoms with van der Waals surface area (Å²) in [6.45, 7) is 2.55. The van der Waals surface area contributed by atoms with Crippen LogP contribution in [-0.2, 0) is 17.8 Å². The van der Waals surface area contributed by atoms with E-state index >= 15 is 0 Å². The van der Waals surface area contributed by atoms with Crippen LogP contribution in [0, 0.1) is 0 Å². The first kappa shape index (κ1) is 10.7. The van der Waals surface area contributed by atoms with Crippen LogP contribution >= 0.6 is 0 Å². The first-order valence-corrected chi connectivity index (χ1v) is 5.37. The largest absolute Gasteiger partial charge is 0.329 e. The minimum atomic E-state index is -0.295. The Morgan fingerprint density at radius 2 is 1.94 bits per heavy atom. The molecule has 3 amide bonds. The van der Waals surface area contributed by atoms with E-state index in [1.54, 1.807) is 0 Å². The van der Waals surface area contributed by atoms with Gasteiger partial charge in [0.25, 0.3) is 0 Å². The predicted octanol–water partition coefficient (Wildman–Crippen LogP) is 1.30. The number of nitrogens with one attached hydrogen (secondary N) is 1. The molecular formula is C12H14N2O2. The quantitative estimate of drug-likeness (QED) is 0.777. The summed E-state index contributed by atoms with van der Waals surface area (Å²) < 4.78 is 0. The van der Waals surface area contributed by atoms with E-state index in [-0.39, 0.29) is 18.5 Å². The maximum absolute atomic E-state index is 11.4. The van der Waals surface area contributed by atoms with Crippen LogP contribution < -0.4 is 5.32 Å². The van der Waals surface area contributed by atoms with Crippen molar-refractivity contribution in [3.8, 4) is 0 Å². The third kappa shape index (κ3) is 1.91. The van der Waals surface area contributed by atoms with Gasteiger partial charge in [0, 0.05) is 0 Å². The number of nitrogens with zero attached hydrogens (tertiary/aromatic N) is 1. The Kier molecular flexibility index (Phi) is 2.90. The van der Waals surface area contributed by atoms with E-state index in [1.165, 1.54) is 10.5 Å². The molecule has 84 valence electrons. The summed E-state index contributed by atoms with van der Waals surface area (Å²) >= 11 is 0. The summed E-state index contributed by atoms with van der Waals surface area (Å²) in [5.74, 6) is -0.157. The molecule has 0 saturated carbocycles. The number of carbonyl (C=O) groups is 2. The first-order valence-electron chi connectivity index (χ1n) is 5.37. The second-order valence-electron chi connectivity index (χ2n) is 3.76. The van der Waals surface area contributed by atoms with Crippen LogP contribution in [0.2, 0.25) is 0 Å². The van der Waals surface area contributed by atoms with Crippen molar-refractivity contribution in [1.82, 2.24) is 10.2 Å². The molecular weight excluding hydrogens is 204 g/mol. The summed E-state index contributed by atoms with van der Waals surface area (Å²) in [6.07, 6.45) is 0.903. The number of urea groups is 1. The van der Waals surface area contributed by atoms with Gasteiger partial charge in [0.05, 0.1) is 13.1 Å². The second-order valence-corrected chi connectivity index (χ2v) is 3.76. The number of aryl methyl sites for hydroxylation is 1. The number of hydrogen-bond donors (Lipinski definition) is 1. The van der Waals surface area contributed by atoms with E-state index in [1.807, 2.05) is 24.3 Å². The summed E-state index contributed by atoms with van der Waals surface area (Å²) in [7, 11) is 0. The molecule has 0 bridgehead atoms. The second kappa shape index (κ2) is 4.35. The lowest BCUT2D eigenvalue weighted by Crippen LogP contribution is -2.30. The normalized spacial score (nSPS) is 15.4. The molecule has 1 aliphatic rings. The Morgan fingerprint density at radius 3 is 2.50 bits per heavy atom. The van der Waals surface area contributed by atoms with Crippen molar-refractivity contribution in [3.05, 3.63) is 35.4 Å². The van der Waals surface area contributed by atoms with Crippen LogP contribution in [0.5, 0.6) is 0 Å².